The van der Waals surface area contributed by atoms with E-state index in [1.165, 1.54) is 116 Å². The molecular weight excluding hydrogens is 659 g/mol. The summed E-state index contributed by atoms with van der Waals surface area (Å²) in [5.41, 5.74) is 0. The molecule has 0 aromatic carbocycles. The molecule has 0 saturated heterocycles. The summed E-state index contributed by atoms with van der Waals surface area (Å²) in [5, 5.41) is 23.6. The van der Waals surface area contributed by atoms with Gasteiger partial charge in [-0.15, -0.1) is 0 Å². The first-order chi connectivity index (χ1) is 26.0. The van der Waals surface area contributed by atoms with Crippen LogP contribution in [0.4, 0.5) is 0 Å². The van der Waals surface area contributed by atoms with Gasteiger partial charge in [-0.3, -0.25) is 9.59 Å². The van der Waals surface area contributed by atoms with Crippen molar-refractivity contribution in [2.75, 3.05) is 6.61 Å². The number of carbonyl (C=O) groups is 2. The van der Waals surface area contributed by atoms with Crippen molar-refractivity contribution in [3.8, 4) is 0 Å². The summed E-state index contributed by atoms with van der Waals surface area (Å²) < 4.78 is 5.88. The van der Waals surface area contributed by atoms with Crippen LogP contribution >= 0.6 is 0 Å². The van der Waals surface area contributed by atoms with Gasteiger partial charge in [0, 0.05) is 6.42 Å². The minimum Gasteiger partial charge on any atom is -0.462 e. The second kappa shape index (κ2) is 41.5. The van der Waals surface area contributed by atoms with E-state index in [0.29, 0.717) is 19.3 Å². The molecule has 0 radical (unpaired) electrons. The molecule has 0 saturated carbocycles. The Morgan fingerprint density at radius 1 is 0.528 bits per heavy atom. The van der Waals surface area contributed by atoms with Gasteiger partial charge in [-0.1, -0.05) is 180 Å². The van der Waals surface area contributed by atoms with E-state index >= 15 is 0 Å². The van der Waals surface area contributed by atoms with Crippen LogP contribution in [0.5, 0.6) is 0 Å². The lowest BCUT2D eigenvalue weighted by atomic mass is 10.0. The van der Waals surface area contributed by atoms with Crippen LogP contribution in [-0.2, 0) is 14.3 Å². The number of nitrogens with one attached hydrogen (secondary N) is 1. The van der Waals surface area contributed by atoms with Gasteiger partial charge in [-0.05, 0) is 70.6 Å². The second-order valence-electron chi connectivity index (χ2n) is 15.8. The Labute approximate surface area is 329 Å². The van der Waals surface area contributed by atoms with E-state index in [9.17, 15) is 19.8 Å². The van der Waals surface area contributed by atoms with Gasteiger partial charge in [0.15, 0.2) is 0 Å². The van der Waals surface area contributed by atoms with E-state index in [4.69, 9.17) is 4.74 Å². The number of aliphatic hydroxyl groups is 2. The molecule has 0 aromatic rings. The number of amides is 1. The van der Waals surface area contributed by atoms with Crippen LogP contribution in [0.25, 0.3) is 0 Å². The largest absolute Gasteiger partial charge is 0.462 e. The normalized spacial score (nSPS) is 13.5. The fourth-order valence-corrected chi connectivity index (χ4v) is 6.96. The molecule has 0 aliphatic heterocycles. The Kier molecular flexibility index (Phi) is 40.2. The van der Waals surface area contributed by atoms with E-state index in [1.54, 1.807) is 0 Å². The Bertz CT molecular complexity index is 843. The number of carbonyl (C=O) groups excluding carboxylic acids is 2. The number of aliphatic hydroxyl groups excluding tert-OH is 2. The highest BCUT2D eigenvalue weighted by Gasteiger charge is 2.24. The molecule has 6 heteroatoms. The zero-order valence-electron chi connectivity index (χ0n) is 35.4. The Morgan fingerprint density at radius 3 is 1.43 bits per heavy atom. The highest BCUT2D eigenvalue weighted by atomic mass is 16.5. The highest BCUT2D eigenvalue weighted by molar-refractivity contribution is 5.77. The Morgan fingerprint density at radius 2 is 0.943 bits per heavy atom. The van der Waals surface area contributed by atoms with Crippen LogP contribution in [0.15, 0.2) is 24.3 Å². The van der Waals surface area contributed by atoms with Crippen molar-refractivity contribution < 1.29 is 24.5 Å². The Balaban J connectivity index is 4.62. The number of allylic oxidation sites excluding steroid dienone is 4. The van der Waals surface area contributed by atoms with Gasteiger partial charge in [-0.2, -0.15) is 0 Å². The van der Waals surface area contributed by atoms with Crippen LogP contribution in [0.3, 0.4) is 0 Å². The van der Waals surface area contributed by atoms with Crippen molar-refractivity contribution in [1.82, 2.24) is 5.32 Å². The average molecular weight is 748 g/mol. The topological polar surface area (TPSA) is 95.9 Å². The minimum atomic E-state index is -0.787. The molecule has 0 aliphatic carbocycles. The zero-order valence-corrected chi connectivity index (χ0v) is 35.4. The molecule has 6 nitrogen and oxygen atoms in total. The standard InChI is InChI=1S/C47H89NO5/c1-4-7-10-13-16-19-22-23-24-25-26-29-32-35-38-43(53-47(52)40-37-34-31-28-21-18-15-12-9-6-3)41-46(51)48-44(42-49)45(50)39-36-33-30-27-20-17-14-11-8-5-2/h12,15,24-25,43-45,49-50H,4-11,13-14,16-23,26-42H2,1-3H3,(H,48,51)/b15-12-,25-24+. The molecule has 0 bridgehead atoms. The minimum absolute atomic E-state index is 0.0666. The van der Waals surface area contributed by atoms with Crippen molar-refractivity contribution in [1.29, 1.82) is 0 Å². The van der Waals surface area contributed by atoms with Crippen LogP contribution < -0.4 is 5.32 Å². The maximum atomic E-state index is 13.1. The van der Waals surface area contributed by atoms with Gasteiger partial charge in [0.2, 0.25) is 5.91 Å². The number of ether oxygens (including phenoxy) is 1. The van der Waals surface area contributed by atoms with Gasteiger partial charge in [0.05, 0.1) is 25.2 Å². The first kappa shape index (κ1) is 51.3. The molecule has 0 rings (SSSR count). The first-order valence-electron chi connectivity index (χ1n) is 23.1. The summed E-state index contributed by atoms with van der Waals surface area (Å²) in [6, 6.07) is -0.701. The van der Waals surface area contributed by atoms with Crippen molar-refractivity contribution in [2.45, 2.75) is 257 Å². The Hall–Kier alpha value is -1.66. The second-order valence-corrected chi connectivity index (χ2v) is 15.8. The van der Waals surface area contributed by atoms with Gasteiger partial charge in [0.25, 0.3) is 0 Å². The van der Waals surface area contributed by atoms with Crippen LogP contribution in [0, 0.1) is 0 Å². The summed E-state index contributed by atoms with van der Waals surface area (Å²) in [6.07, 6.45) is 45.2. The molecular formula is C47H89NO5. The average Bonchev–Trinajstić information content (AvgIpc) is 3.15. The number of rotatable bonds is 41. The van der Waals surface area contributed by atoms with Gasteiger partial charge in [0.1, 0.15) is 6.10 Å². The first-order valence-corrected chi connectivity index (χ1v) is 23.1. The van der Waals surface area contributed by atoms with Gasteiger partial charge >= 0.3 is 5.97 Å². The highest BCUT2D eigenvalue weighted by Crippen LogP contribution is 2.17. The summed E-state index contributed by atoms with van der Waals surface area (Å²) >= 11 is 0. The maximum absolute atomic E-state index is 13.1. The molecule has 0 aromatic heterocycles. The third-order valence-electron chi connectivity index (χ3n) is 10.5. The summed E-state index contributed by atoms with van der Waals surface area (Å²) in [5.74, 6) is -0.497. The van der Waals surface area contributed by atoms with Gasteiger partial charge < -0.3 is 20.3 Å². The number of hydrogen-bond donors (Lipinski definition) is 3. The lowest BCUT2D eigenvalue weighted by Crippen LogP contribution is -2.46. The molecule has 3 atom stereocenters. The quantitative estimate of drug-likeness (QED) is 0.0329. The summed E-state index contributed by atoms with van der Waals surface area (Å²) in [6.45, 7) is 6.40. The van der Waals surface area contributed by atoms with E-state index < -0.39 is 18.2 Å². The van der Waals surface area contributed by atoms with Crippen LogP contribution in [0.2, 0.25) is 0 Å². The molecule has 0 heterocycles. The fourth-order valence-electron chi connectivity index (χ4n) is 6.96. The molecule has 0 fully saturated rings. The maximum Gasteiger partial charge on any atom is 0.306 e. The molecule has 3 N–H and O–H groups in total. The molecule has 0 aliphatic rings. The van der Waals surface area contributed by atoms with Crippen molar-refractivity contribution >= 4 is 11.9 Å². The third kappa shape index (κ3) is 37.1. The van der Waals surface area contributed by atoms with E-state index in [2.05, 4.69) is 50.4 Å². The number of esters is 1. The smallest absolute Gasteiger partial charge is 0.306 e. The van der Waals surface area contributed by atoms with E-state index in [-0.39, 0.29) is 24.9 Å². The fraction of sp³-hybridized carbons (Fsp3) is 0.872. The lowest BCUT2D eigenvalue weighted by Gasteiger charge is -2.24. The lowest BCUT2D eigenvalue weighted by molar-refractivity contribution is -0.151. The van der Waals surface area contributed by atoms with E-state index in [1.807, 2.05) is 0 Å². The van der Waals surface area contributed by atoms with Crippen LogP contribution in [0.1, 0.15) is 239 Å². The molecule has 0 spiro atoms. The zero-order chi connectivity index (χ0) is 38.9. The summed E-state index contributed by atoms with van der Waals surface area (Å²) in [7, 11) is 0. The van der Waals surface area contributed by atoms with E-state index in [0.717, 1.165) is 77.0 Å². The number of unbranched alkanes of at least 4 members (excludes halogenated alkanes) is 25. The molecule has 312 valence electrons. The van der Waals surface area contributed by atoms with Crippen molar-refractivity contribution in [2.24, 2.45) is 0 Å². The van der Waals surface area contributed by atoms with Crippen LogP contribution in [-0.4, -0.2) is 46.9 Å². The molecule has 3 unspecified atom stereocenters. The molecule has 53 heavy (non-hydrogen) atoms. The predicted octanol–water partition coefficient (Wildman–Crippen LogP) is 13.2. The third-order valence-corrected chi connectivity index (χ3v) is 10.5. The predicted molar refractivity (Wildman–Crippen MR) is 227 cm³/mol. The monoisotopic (exact) mass is 748 g/mol. The van der Waals surface area contributed by atoms with Crippen molar-refractivity contribution in [3.63, 3.8) is 0 Å². The number of hydrogen-bond acceptors (Lipinski definition) is 5. The van der Waals surface area contributed by atoms with Crippen molar-refractivity contribution in [3.05, 3.63) is 24.3 Å². The molecule has 1 amide bonds. The summed E-state index contributed by atoms with van der Waals surface area (Å²) in [4.78, 5) is 25.9. The SMILES string of the molecule is CCC/C=C\CCCCCCCC(=O)OC(CCCCC/C=C/CCCCCCCCC)CC(=O)NC(CO)C(O)CCCCCCCCCCCC. The van der Waals surface area contributed by atoms with Gasteiger partial charge in [-0.25, -0.2) is 0 Å².